The summed E-state index contributed by atoms with van der Waals surface area (Å²) in [5.41, 5.74) is 6.29. The van der Waals surface area contributed by atoms with E-state index in [-0.39, 0.29) is 11.7 Å². The molecule has 4 aromatic rings. The van der Waals surface area contributed by atoms with Crippen LogP contribution in [0.25, 0.3) is 17.1 Å². The zero-order chi connectivity index (χ0) is 24.6. The molecule has 0 saturated heterocycles. The van der Waals surface area contributed by atoms with Crippen molar-refractivity contribution < 1.29 is 14.3 Å². The number of amides is 1. The molecule has 0 atom stereocenters. The molecule has 178 valence electrons. The van der Waals surface area contributed by atoms with Gasteiger partial charge in [0.05, 0.1) is 26.2 Å². The number of benzene rings is 3. The number of aryl methyl sites for hydroxylation is 1. The van der Waals surface area contributed by atoms with Crippen molar-refractivity contribution in [1.82, 2.24) is 20.2 Å². The number of carbonyl (C=O) groups is 1. The van der Waals surface area contributed by atoms with E-state index in [4.69, 9.17) is 9.47 Å². The number of carbonyl (C=O) groups excluding carboxylic acids is 1. The summed E-state index contributed by atoms with van der Waals surface area (Å²) in [6, 6.07) is 23.3. The van der Waals surface area contributed by atoms with Crippen LogP contribution >= 0.6 is 11.8 Å². The minimum Gasteiger partial charge on any atom is -0.497 e. The molecule has 0 fully saturated rings. The molecule has 8 nitrogen and oxygen atoms in total. The van der Waals surface area contributed by atoms with E-state index in [0.717, 1.165) is 16.8 Å². The number of thioether (sulfide) groups is 1. The first-order valence-corrected chi connectivity index (χ1v) is 11.8. The highest BCUT2D eigenvalue weighted by Gasteiger charge is 2.17. The van der Waals surface area contributed by atoms with Crippen LogP contribution in [0.5, 0.6) is 11.5 Å². The molecular weight excluding hydrogens is 462 g/mol. The largest absolute Gasteiger partial charge is 0.497 e. The van der Waals surface area contributed by atoms with Gasteiger partial charge in [-0.05, 0) is 31.2 Å². The van der Waals surface area contributed by atoms with E-state index in [9.17, 15) is 4.79 Å². The molecule has 0 aliphatic heterocycles. The predicted octanol–water partition coefficient (Wildman–Crippen LogP) is 4.50. The maximum atomic E-state index is 12.5. The number of methoxy groups -OCH3 is 2. The molecule has 35 heavy (non-hydrogen) atoms. The summed E-state index contributed by atoms with van der Waals surface area (Å²) in [5.74, 6) is 1.83. The van der Waals surface area contributed by atoms with Crippen LogP contribution in [0.3, 0.4) is 0 Å². The average Bonchev–Trinajstić information content (AvgIpc) is 3.32. The molecule has 1 heterocycles. The highest BCUT2D eigenvalue weighted by molar-refractivity contribution is 7.99. The first-order valence-electron chi connectivity index (χ1n) is 10.8. The van der Waals surface area contributed by atoms with Gasteiger partial charge in [-0.1, -0.05) is 59.8 Å². The van der Waals surface area contributed by atoms with Crippen LogP contribution in [0.2, 0.25) is 0 Å². The van der Waals surface area contributed by atoms with Gasteiger partial charge in [0.2, 0.25) is 0 Å². The number of nitrogens with zero attached hydrogens (tertiary/aromatic N) is 4. The Bertz CT molecular complexity index is 1320. The third-order valence-electron chi connectivity index (χ3n) is 5.12. The first kappa shape index (κ1) is 24.0. The minimum atomic E-state index is -0.265. The Hall–Kier alpha value is -4.11. The number of hydrazone groups is 1. The number of hydrogen-bond acceptors (Lipinski definition) is 7. The number of nitrogens with one attached hydrogen (secondary N) is 1. The van der Waals surface area contributed by atoms with Crippen LogP contribution in [0, 0.1) is 6.92 Å². The summed E-state index contributed by atoms with van der Waals surface area (Å²) in [6.07, 6.45) is 1.53. The molecule has 0 saturated carbocycles. The van der Waals surface area contributed by atoms with E-state index in [0.29, 0.717) is 28.0 Å². The van der Waals surface area contributed by atoms with Crippen molar-refractivity contribution in [3.05, 3.63) is 83.9 Å². The van der Waals surface area contributed by atoms with Crippen LogP contribution in [0.1, 0.15) is 11.1 Å². The minimum absolute atomic E-state index is 0.121. The Balaban J connectivity index is 1.48. The SMILES string of the molecule is COc1ccc(/C=N\NC(=O)CSc2nnc(-c3ccccc3)n2-c2ccc(C)cc2)c(OC)c1. The van der Waals surface area contributed by atoms with Gasteiger partial charge in [-0.2, -0.15) is 5.10 Å². The molecule has 1 aromatic heterocycles. The first-order chi connectivity index (χ1) is 17.1. The Kier molecular flexibility index (Phi) is 7.79. The van der Waals surface area contributed by atoms with Gasteiger partial charge in [-0.25, -0.2) is 5.43 Å². The third-order valence-corrected chi connectivity index (χ3v) is 6.05. The third kappa shape index (κ3) is 5.88. The van der Waals surface area contributed by atoms with Gasteiger partial charge in [0.25, 0.3) is 5.91 Å². The van der Waals surface area contributed by atoms with E-state index in [2.05, 4.69) is 20.7 Å². The standard InChI is InChI=1S/C26H25N5O3S/c1-18-9-12-21(13-10-18)31-25(19-7-5-4-6-8-19)29-30-26(31)35-17-24(32)28-27-16-20-11-14-22(33-2)15-23(20)34-3/h4-16H,17H2,1-3H3,(H,28,32)/b27-16-. The van der Waals surface area contributed by atoms with Gasteiger partial charge in [-0.3, -0.25) is 9.36 Å². The van der Waals surface area contributed by atoms with E-state index >= 15 is 0 Å². The lowest BCUT2D eigenvalue weighted by molar-refractivity contribution is -0.118. The second kappa shape index (κ2) is 11.3. The van der Waals surface area contributed by atoms with Crippen LogP contribution in [0.15, 0.2) is 83.1 Å². The Morgan fingerprint density at radius 2 is 1.80 bits per heavy atom. The molecule has 1 N–H and O–H groups in total. The van der Waals surface area contributed by atoms with Gasteiger partial charge in [0.15, 0.2) is 11.0 Å². The molecule has 0 aliphatic carbocycles. The van der Waals surface area contributed by atoms with Crippen LogP contribution in [0.4, 0.5) is 0 Å². The number of hydrogen-bond donors (Lipinski definition) is 1. The number of aromatic nitrogens is 3. The van der Waals surface area contributed by atoms with Gasteiger partial charge in [0, 0.05) is 22.9 Å². The maximum absolute atomic E-state index is 12.5. The zero-order valence-electron chi connectivity index (χ0n) is 19.6. The van der Waals surface area contributed by atoms with Gasteiger partial charge >= 0.3 is 0 Å². The number of rotatable bonds is 9. The smallest absolute Gasteiger partial charge is 0.250 e. The highest BCUT2D eigenvalue weighted by atomic mass is 32.2. The molecular formula is C26H25N5O3S. The molecule has 0 aliphatic rings. The van der Waals surface area contributed by atoms with Crippen molar-refractivity contribution >= 4 is 23.9 Å². The van der Waals surface area contributed by atoms with Crippen molar-refractivity contribution in [2.45, 2.75) is 12.1 Å². The molecule has 0 unspecified atom stereocenters. The van der Waals surface area contributed by atoms with Crippen LogP contribution in [-0.2, 0) is 4.79 Å². The second-order valence-corrected chi connectivity index (χ2v) is 8.48. The molecule has 0 radical (unpaired) electrons. The Labute approximate surface area is 208 Å². The summed E-state index contributed by atoms with van der Waals surface area (Å²) in [6.45, 7) is 2.04. The van der Waals surface area contributed by atoms with E-state index < -0.39 is 0 Å². The quantitative estimate of drug-likeness (QED) is 0.212. The fraction of sp³-hybridized carbons (Fsp3) is 0.154. The van der Waals surface area contributed by atoms with E-state index in [1.54, 1.807) is 32.4 Å². The van der Waals surface area contributed by atoms with Crippen LogP contribution < -0.4 is 14.9 Å². The lowest BCUT2D eigenvalue weighted by Gasteiger charge is -2.10. The van der Waals surface area contributed by atoms with Crippen molar-refractivity contribution in [2.75, 3.05) is 20.0 Å². The Morgan fingerprint density at radius 1 is 1.03 bits per heavy atom. The monoisotopic (exact) mass is 487 g/mol. The topological polar surface area (TPSA) is 90.6 Å². The van der Waals surface area contributed by atoms with Crippen molar-refractivity contribution in [1.29, 1.82) is 0 Å². The molecule has 3 aromatic carbocycles. The second-order valence-electron chi connectivity index (χ2n) is 7.53. The van der Waals surface area contributed by atoms with Crippen molar-refractivity contribution in [3.63, 3.8) is 0 Å². The summed E-state index contributed by atoms with van der Waals surface area (Å²) in [7, 11) is 3.15. The normalized spacial score (nSPS) is 10.9. The van der Waals surface area contributed by atoms with Gasteiger partial charge < -0.3 is 9.47 Å². The van der Waals surface area contributed by atoms with E-state index in [1.165, 1.54) is 18.0 Å². The fourth-order valence-corrected chi connectivity index (χ4v) is 4.07. The average molecular weight is 488 g/mol. The lowest BCUT2D eigenvalue weighted by Crippen LogP contribution is -2.20. The molecule has 0 spiro atoms. The predicted molar refractivity (Wildman–Crippen MR) is 138 cm³/mol. The number of ether oxygens (including phenoxy) is 2. The maximum Gasteiger partial charge on any atom is 0.250 e. The molecule has 9 heteroatoms. The molecule has 4 rings (SSSR count). The van der Waals surface area contributed by atoms with Gasteiger partial charge in [0.1, 0.15) is 11.5 Å². The van der Waals surface area contributed by atoms with Crippen LogP contribution in [-0.4, -0.2) is 46.9 Å². The van der Waals surface area contributed by atoms with Crippen molar-refractivity contribution in [3.8, 4) is 28.6 Å². The Morgan fingerprint density at radius 3 is 2.51 bits per heavy atom. The highest BCUT2D eigenvalue weighted by Crippen LogP contribution is 2.28. The summed E-state index contributed by atoms with van der Waals surface area (Å²) in [5, 5.41) is 13.4. The summed E-state index contributed by atoms with van der Waals surface area (Å²) < 4.78 is 12.5. The van der Waals surface area contributed by atoms with E-state index in [1.807, 2.05) is 66.1 Å². The van der Waals surface area contributed by atoms with Gasteiger partial charge in [-0.15, -0.1) is 10.2 Å². The van der Waals surface area contributed by atoms with Crippen molar-refractivity contribution in [2.24, 2.45) is 5.10 Å². The fourth-order valence-electron chi connectivity index (χ4n) is 3.33. The molecule has 1 amide bonds. The molecule has 0 bridgehead atoms. The lowest BCUT2D eigenvalue weighted by atomic mass is 10.2. The zero-order valence-corrected chi connectivity index (χ0v) is 20.5. The summed E-state index contributed by atoms with van der Waals surface area (Å²) in [4.78, 5) is 12.5. The summed E-state index contributed by atoms with van der Waals surface area (Å²) >= 11 is 1.29.